The van der Waals surface area contributed by atoms with Crippen molar-refractivity contribution in [2.45, 2.75) is 94.6 Å². The van der Waals surface area contributed by atoms with E-state index in [0.717, 1.165) is 38.5 Å². The fourth-order valence-corrected chi connectivity index (χ4v) is 5.04. The monoisotopic (exact) mass is 477 g/mol. The summed E-state index contributed by atoms with van der Waals surface area (Å²) in [6, 6.07) is 0.332. The smallest absolute Gasteiger partial charge is 0.229 e. The van der Waals surface area contributed by atoms with Crippen LogP contribution in [0, 0.1) is 11.8 Å². The molecule has 1 saturated heterocycles. The van der Waals surface area contributed by atoms with Crippen molar-refractivity contribution in [3.8, 4) is 0 Å². The summed E-state index contributed by atoms with van der Waals surface area (Å²) in [7, 11) is 0. The number of alkyl halides is 3. The van der Waals surface area contributed by atoms with E-state index >= 15 is 0 Å². The number of guanidine groups is 1. The Morgan fingerprint density at radius 3 is 2.59 bits per heavy atom. The second kappa shape index (κ2) is 13.0. The van der Waals surface area contributed by atoms with Gasteiger partial charge in [0.1, 0.15) is 12.3 Å². The summed E-state index contributed by atoms with van der Waals surface area (Å²) in [5, 5.41) is 6.40. The fraction of sp³-hybridized carbons (Fsp3) is 0.909. The zero-order valence-corrected chi connectivity index (χ0v) is 19.7. The highest BCUT2D eigenvalue weighted by Gasteiger charge is 2.36. The first-order valence-electron chi connectivity index (χ1n) is 12.1. The first-order chi connectivity index (χ1) is 15.5. The van der Waals surface area contributed by atoms with Gasteiger partial charge < -0.3 is 10.1 Å². The van der Waals surface area contributed by atoms with Gasteiger partial charge >= 0.3 is 0 Å². The molecule has 10 heteroatoms. The predicted octanol–water partition coefficient (Wildman–Crippen LogP) is 2.94. The van der Waals surface area contributed by atoms with Gasteiger partial charge in [-0.25, -0.2) is 14.2 Å². The molecule has 0 bridgehead atoms. The number of hydrogen-bond donors (Lipinski definition) is 4. The highest BCUT2D eigenvalue weighted by Crippen LogP contribution is 2.32. The van der Waals surface area contributed by atoms with Gasteiger partial charge in [-0.2, -0.15) is 0 Å². The molecule has 1 aliphatic heterocycles. The summed E-state index contributed by atoms with van der Waals surface area (Å²) in [5.74, 6) is 0.0932. The third-order valence-electron chi connectivity index (χ3n) is 6.74. The summed E-state index contributed by atoms with van der Waals surface area (Å²) >= 11 is 6.24. The van der Waals surface area contributed by atoms with Crippen LogP contribution in [0.25, 0.3) is 0 Å². The van der Waals surface area contributed by atoms with Gasteiger partial charge in [0.2, 0.25) is 5.91 Å². The lowest BCUT2D eigenvalue weighted by atomic mass is 9.83. The molecular formula is C22H38ClF2N5O2. The van der Waals surface area contributed by atoms with Gasteiger partial charge in [0.05, 0.1) is 6.17 Å². The number of nitrogens with one attached hydrogen (secondary N) is 4. The number of ether oxygens (including phenoxy) is 1. The van der Waals surface area contributed by atoms with Gasteiger partial charge in [0.15, 0.2) is 5.96 Å². The van der Waals surface area contributed by atoms with Gasteiger partial charge in [0.25, 0.3) is 0 Å². The SMILES string of the molecule is CCOCCCN=C(NC(=O)C1CCC(F)C(F)C1)NC1CC(C2CCC(Cl)CC2)NN1. The molecule has 3 rings (SSSR count). The molecule has 2 aliphatic carbocycles. The number of rotatable bonds is 8. The molecule has 7 nitrogen and oxygen atoms in total. The van der Waals surface area contributed by atoms with Crippen molar-refractivity contribution in [3.63, 3.8) is 0 Å². The summed E-state index contributed by atoms with van der Waals surface area (Å²) in [6.45, 7) is 3.68. The Morgan fingerprint density at radius 2 is 1.88 bits per heavy atom. The Kier molecular flexibility index (Phi) is 10.4. The molecule has 184 valence electrons. The van der Waals surface area contributed by atoms with E-state index in [1.54, 1.807) is 0 Å². The van der Waals surface area contributed by atoms with Crippen LogP contribution in [-0.2, 0) is 9.53 Å². The minimum atomic E-state index is -1.58. The number of halogens is 3. The molecule has 1 amide bonds. The van der Waals surface area contributed by atoms with Crippen LogP contribution >= 0.6 is 11.6 Å². The molecule has 3 aliphatic rings. The average Bonchev–Trinajstić information content (AvgIpc) is 3.24. The lowest BCUT2D eigenvalue weighted by Gasteiger charge is -2.29. The molecule has 5 unspecified atom stereocenters. The van der Waals surface area contributed by atoms with E-state index in [9.17, 15) is 13.6 Å². The zero-order chi connectivity index (χ0) is 22.9. The van der Waals surface area contributed by atoms with E-state index < -0.39 is 18.3 Å². The summed E-state index contributed by atoms with van der Waals surface area (Å²) in [5.41, 5.74) is 6.63. The molecule has 4 N–H and O–H groups in total. The van der Waals surface area contributed by atoms with Crippen LogP contribution in [0.15, 0.2) is 4.99 Å². The number of hydrazine groups is 1. The number of carbonyl (C=O) groups excluding carboxylic acids is 1. The van der Waals surface area contributed by atoms with Crippen LogP contribution in [0.1, 0.15) is 64.7 Å². The first kappa shape index (κ1) is 25.6. The van der Waals surface area contributed by atoms with Crippen LogP contribution in [0.2, 0.25) is 0 Å². The maximum absolute atomic E-state index is 13.8. The van der Waals surface area contributed by atoms with Gasteiger partial charge in [-0.05, 0) is 70.6 Å². The third-order valence-corrected chi connectivity index (χ3v) is 7.18. The van der Waals surface area contributed by atoms with Crippen molar-refractivity contribution in [2.75, 3.05) is 19.8 Å². The van der Waals surface area contributed by atoms with Crippen molar-refractivity contribution in [1.82, 2.24) is 21.5 Å². The van der Waals surface area contributed by atoms with Crippen LogP contribution < -0.4 is 21.5 Å². The van der Waals surface area contributed by atoms with Crippen molar-refractivity contribution in [3.05, 3.63) is 0 Å². The van der Waals surface area contributed by atoms with Crippen LogP contribution in [0.5, 0.6) is 0 Å². The number of aliphatic imine (C=N–C) groups is 1. The lowest BCUT2D eigenvalue weighted by molar-refractivity contribution is -0.125. The number of amides is 1. The molecule has 0 aromatic rings. The largest absolute Gasteiger partial charge is 0.382 e. The molecular weight excluding hydrogens is 440 g/mol. The molecule has 2 saturated carbocycles. The minimum Gasteiger partial charge on any atom is -0.382 e. The maximum atomic E-state index is 13.8. The molecule has 0 radical (unpaired) electrons. The fourth-order valence-electron chi connectivity index (χ4n) is 4.79. The normalized spacial score (nSPS) is 36.1. The Bertz CT molecular complexity index is 621. The Hall–Kier alpha value is -1.03. The zero-order valence-electron chi connectivity index (χ0n) is 18.9. The molecule has 1 heterocycles. The van der Waals surface area contributed by atoms with E-state index in [-0.39, 0.29) is 30.3 Å². The molecule has 5 atom stereocenters. The lowest BCUT2D eigenvalue weighted by Crippen LogP contribution is -2.52. The second-order valence-electron chi connectivity index (χ2n) is 9.15. The molecule has 0 aromatic carbocycles. The highest BCUT2D eigenvalue weighted by atomic mass is 35.5. The first-order valence-corrected chi connectivity index (χ1v) is 12.5. The Balaban J connectivity index is 1.53. The highest BCUT2D eigenvalue weighted by molar-refractivity contribution is 6.20. The number of hydrogen-bond acceptors (Lipinski definition) is 5. The quantitative estimate of drug-likeness (QED) is 0.187. The van der Waals surface area contributed by atoms with Crippen molar-refractivity contribution in [2.24, 2.45) is 16.8 Å². The van der Waals surface area contributed by atoms with Gasteiger partial charge in [0, 0.05) is 37.1 Å². The standard InChI is InChI=1S/C22H38ClF2N5O2/c1-2-32-11-3-10-26-22(28-21(31)15-6-9-17(24)18(25)12-15)27-20-13-19(29-30-20)14-4-7-16(23)8-5-14/h14-20,29-30H,2-13H2,1H3,(H2,26,27,28,31). The summed E-state index contributed by atoms with van der Waals surface area (Å²) in [6.07, 6.45) is 3.09. The van der Waals surface area contributed by atoms with Gasteiger partial charge in [-0.15, -0.1) is 11.6 Å². The van der Waals surface area contributed by atoms with Gasteiger partial charge in [-0.3, -0.25) is 20.5 Å². The van der Waals surface area contributed by atoms with E-state index in [2.05, 4.69) is 26.5 Å². The molecule has 3 fully saturated rings. The van der Waals surface area contributed by atoms with Crippen LogP contribution in [0.3, 0.4) is 0 Å². The van der Waals surface area contributed by atoms with E-state index in [1.807, 2.05) is 6.92 Å². The molecule has 32 heavy (non-hydrogen) atoms. The van der Waals surface area contributed by atoms with Crippen LogP contribution in [-0.4, -0.2) is 61.6 Å². The van der Waals surface area contributed by atoms with Gasteiger partial charge in [-0.1, -0.05) is 0 Å². The average molecular weight is 478 g/mol. The minimum absolute atomic E-state index is 0.0772. The number of nitrogens with zero attached hydrogens (tertiary/aromatic N) is 1. The molecule has 0 spiro atoms. The van der Waals surface area contributed by atoms with Crippen molar-refractivity contribution < 1.29 is 18.3 Å². The van der Waals surface area contributed by atoms with E-state index in [1.165, 1.54) is 0 Å². The van der Waals surface area contributed by atoms with Crippen molar-refractivity contribution >= 4 is 23.5 Å². The summed E-state index contributed by atoms with van der Waals surface area (Å²) < 4.78 is 32.6. The second-order valence-corrected chi connectivity index (χ2v) is 9.77. The third kappa shape index (κ3) is 7.78. The Morgan fingerprint density at radius 1 is 1.09 bits per heavy atom. The topological polar surface area (TPSA) is 86.8 Å². The molecule has 0 aromatic heterocycles. The summed E-state index contributed by atoms with van der Waals surface area (Å²) in [4.78, 5) is 17.2. The van der Waals surface area contributed by atoms with Crippen molar-refractivity contribution in [1.29, 1.82) is 0 Å². The van der Waals surface area contributed by atoms with Crippen LogP contribution in [0.4, 0.5) is 8.78 Å². The predicted molar refractivity (Wildman–Crippen MR) is 122 cm³/mol. The number of carbonyl (C=O) groups is 1. The van der Waals surface area contributed by atoms with E-state index in [0.29, 0.717) is 44.1 Å². The van der Waals surface area contributed by atoms with E-state index in [4.69, 9.17) is 16.3 Å². The Labute approximate surface area is 194 Å². The maximum Gasteiger partial charge on any atom is 0.229 e.